The van der Waals surface area contributed by atoms with Crippen molar-refractivity contribution in [2.75, 3.05) is 11.9 Å². The normalized spacial score (nSPS) is 13.6. The second kappa shape index (κ2) is 10.2. The van der Waals surface area contributed by atoms with Crippen LogP contribution in [-0.2, 0) is 14.3 Å². The van der Waals surface area contributed by atoms with E-state index in [0.29, 0.717) is 22.4 Å². The van der Waals surface area contributed by atoms with Crippen LogP contribution >= 0.6 is 0 Å². The number of carbonyl (C=O) groups excluding carboxylic acids is 5. The fourth-order valence-electron chi connectivity index (χ4n) is 3.37. The van der Waals surface area contributed by atoms with E-state index >= 15 is 0 Å². The maximum absolute atomic E-state index is 12.6. The van der Waals surface area contributed by atoms with Gasteiger partial charge in [0.05, 0.1) is 11.1 Å². The van der Waals surface area contributed by atoms with Crippen LogP contribution in [0.1, 0.15) is 64.7 Å². The average molecular weight is 450 g/mol. The van der Waals surface area contributed by atoms with Gasteiger partial charge >= 0.3 is 5.97 Å². The van der Waals surface area contributed by atoms with Gasteiger partial charge in [-0.05, 0) is 49.7 Å². The number of fused-ring (bicyclic) bond motifs is 1. The molecule has 33 heavy (non-hydrogen) atoms. The Balaban J connectivity index is 1.47. The van der Waals surface area contributed by atoms with Crippen molar-refractivity contribution in [1.29, 1.82) is 0 Å². The molecular weight excluding hydrogens is 424 g/mol. The van der Waals surface area contributed by atoms with Gasteiger partial charge in [-0.3, -0.25) is 28.9 Å². The van der Waals surface area contributed by atoms with Gasteiger partial charge in [0.25, 0.3) is 11.8 Å². The molecule has 2 aromatic carbocycles. The minimum Gasteiger partial charge on any atom is -0.454 e. The monoisotopic (exact) mass is 450 g/mol. The van der Waals surface area contributed by atoms with Crippen LogP contribution in [0.3, 0.4) is 0 Å². The van der Waals surface area contributed by atoms with Crippen LogP contribution in [0.25, 0.3) is 0 Å². The molecule has 2 aromatic rings. The quantitative estimate of drug-likeness (QED) is 0.356. The summed E-state index contributed by atoms with van der Waals surface area (Å²) in [5.74, 6) is -2.00. The number of ether oxygens (including phenoxy) is 1. The first-order valence-corrected chi connectivity index (χ1v) is 10.8. The summed E-state index contributed by atoms with van der Waals surface area (Å²) in [4.78, 5) is 62.3. The van der Waals surface area contributed by atoms with Crippen LogP contribution in [0.5, 0.6) is 0 Å². The molecule has 1 atom stereocenters. The van der Waals surface area contributed by atoms with Gasteiger partial charge in [0.2, 0.25) is 11.7 Å². The molecule has 1 N–H and O–H groups in total. The Bertz CT molecular complexity index is 1060. The van der Waals surface area contributed by atoms with E-state index in [9.17, 15) is 24.0 Å². The molecule has 0 aliphatic carbocycles. The van der Waals surface area contributed by atoms with Crippen molar-refractivity contribution in [3.8, 4) is 0 Å². The number of ketones is 1. The van der Waals surface area contributed by atoms with E-state index in [0.717, 1.165) is 4.90 Å². The summed E-state index contributed by atoms with van der Waals surface area (Å²) in [6.45, 7) is 5.14. The van der Waals surface area contributed by atoms with Crippen LogP contribution in [0.2, 0.25) is 0 Å². The van der Waals surface area contributed by atoms with E-state index in [1.165, 1.54) is 6.92 Å². The zero-order valence-corrected chi connectivity index (χ0v) is 18.8. The zero-order chi connectivity index (χ0) is 24.1. The first-order chi connectivity index (χ1) is 15.7. The Morgan fingerprint density at radius 1 is 0.909 bits per heavy atom. The van der Waals surface area contributed by atoms with E-state index in [4.69, 9.17) is 4.74 Å². The van der Waals surface area contributed by atoms with Gasteiger partial charge in [-0.25, -0.2) is 0 Å². The third-order valence-corrected chi connectivity index (χ3v) is 5.28. The molecule has 0 bridgehead atoms. The minimum absolute atomic E-state index is 0.0365. The van der Waals surface area contributed by atoms with Crippen LogP contribution in [-0.4, -0.2) is 47.0 Å². The number of rotatable bonds is 9. The van der Waals surface area contributed by atoms with Gasteiger partial charge in [0, 0.05) is 30.1 Å². The molecule has 0 radical (unpaired) electrons. The Hall–Kier alpha value is -3.81. The predicted octanol–water partition coefficient (Wildman–Crippen LogP) is 3.47. The van der Waals surface area contributed by atoms with Gasteiger partial charge in [-0.15, -0.1) is 0 Å². The minimum atomic E-state index is -0.993. The molecule has 0 fully saturated rings. The topological polar surface area (TPSA) is 110 Å². The predicted molar refractivity (Wildman–Crippen MR) is 121 cm³/mol. The van der Waals surface area contributed by atoms with Crippen molar-refractivity contribution in [3.05, 3.63) is 65.2 Å². The Morgan fingerprint density at radius 3 is 2.03 bits per heavy atom. The van der Waals surface area contributed by atoms with Gasteiger partial charge in [0.15, 0.2) is 6.10 Å². The molecule has 8 heteroatoms. The van der Waals surface area contributed by atoms with E-state index in [-0.39, 0.29) is 48.8 Å². The average Bonchev–Trinajstić information content (AvgIpc) is 3.04. The van der Waals surface area contributed by atoms with Crippen molar-refractivity contribution in [3.63, 3.8) is 0 Å². The van der Waals surface area contributed by atoms with Gasteiger partial charge in [-0.1, -0.05) is 26.0 Å². The fraction of sp³-hybridized carbons (Fsp3) is 0.320. The maximum Gasteiger partial charge on any atom is 0.306 e. The third-order valence-electron chi connectivity index (χ3n) is 5.28. The highest BCUT2D eigenvalue weighted by Crippen LogP contribution is 2.22. The standard InChI is InChI=1S/C25H26N2O6/c1-15(2)23(30)26-18-12-10-17(11-13-18)22(29)16(3)33-21(28)9-6-14-27-24(31)19-7-4-5-8-20(19)25(27)32/h4-5,7-8,10-13,15-16H,6,9,14H2,1-3H3,(H,26,30). The molecule has 3 rings (SSSR count). The molecular formula is C25H26N2O6. The summed E-state index contributed by atoms with van der Waals surface area (Å²) >= 11 is 0. The van der Waals surface area contributed by atoms with E-state index in [2.05, 4.69) is 5.32 Å². The number of imide groups is 1. The van der Waals surface area contributed by atoms with Crippen molar-refractivity contribution >= 4 is 35.2 Å². The molecule has 0 aromatic heterocycles. The number of hydrogen-bond donors (Lipinski definition) is 1. The van der Waals surface area contributed by atoms with Crippen LogP contribution in [0, 0.1) is 5.92 Å². The molecule has 1 aliphatic heterocycles. The second-order valence-corrected chi connectivity index (χ2v) is 8.13. The number of carbonyl (C=O) groups is 5. The first-order valence-electron chi connectivity index (χ1n) is 10.8. The summed E-state index contributed by atoms with van der Waals surface area (Å²) in [6.07, 6.45) is -0.798. The van der Waals surface area contributed by atoms with E-state index in [1.54, 1.807) is 62.4 Å². The lowest BCUT2D eigenvalue weighted by Crippen LogP contribution is -2.31. The lowest BCUT2D eigenvalue weighted by atomic mass is 10.1. The molecule has 1 aliphatic rings. The Morgan fingerprint density at radius 2 is 1.48 bits per heavy atom. The number of anilines is 1. The number of esters is 1. The molecule has 0 spiro atoms. The Kier molecular flexibility index (Phi) is 7.37. The van der Waals surface area contributed by atoms with Crippen LogP contribution in [0.4, 0.5) is 5.69 Å². The van der Waals surface area contributed by atoms with Crippen molar-refractivity contribution in [2.45, 2.75) is 39.7 Å². The number of nitrogens with one attached hydrogen (secondary N) is 1. The number of amides is 3. The summed E-state index contributed by atoms with van der Waals surface area (Å²) in [5.41, 5.74) is 1.64. The highest BCUT2D eigenvalue weighted by Gasteiger charge is 2.34. The van der Waals surface area contributed by atoms with Gasteiger partial charge in [-0.2, -0.15) is 0 Å². The van der Waals surface area contributed by atoms with Crippen molar-refractivity contribution < 1.29 is 28.7 Å². The molecule has 0 saturated carbocycles. The third kappa shape index (κ3) is 5.52. The van der Waals surface area contributed by atoms with Crippen LogP contribution < -0.4 is 5.32 Å². The van der Waals surface area contributed by atoms with Gasteiger partial charge in [0.1, 0.15) is 0 Å². The first kappa shape index (κ1) is 23.8. The lowest BCUT2D eigenvalue weighted by molar-refractivity contribution is -0.146. The SMILES string of the molecule is CC(C)C(=O)Nc1ccc(C(=O)C(C)OC(=O)CCCN2C(=O)c3ccccc3C2=O)cc1. The maximum atomic E-state index is 12.6. The lowest BCUT2D eigenvalue weighted by Gasteiger charge is -2.15. The number of Topliss-reactive ketones (excluding diaryl/α,β-unsaturated/α-hetero) is 1. The number of nitrogens with zero attached hydrogens (tertiary/aromatic N) is 1. The van der Waals surface area contributed by atoms with E-state index < -0.39 is 12.1 Å². The zero-order valence-electron chi connectivity index (χ0n) is 18.8. The molecule has 1 unspecified atom stereocenters. The fourth-order valence-corrected chi connectivity index (χ4v) is 3.37. The molecule has 8 nitrogen and oxygen atoms in total. The van der Waals surface area contributed by atoms with Crippen molar-refractivity contribution in [2.24, 2.45) is 5.92 Å². The summed E-state index contributed by atoms with van der Waals surface area (Å²) in [7, 11) is 0. The highest BCUT2D eigenvalue weighted by atomic mass is 16.5. The Labute approximate surface area is 191 Å². The molecule has 172 valence electrons. The van der Waals surface area contributed by atoms with Gasteiger partial charge < -0.3 is 10.1 Å². The largest absolute Gasteiger partial charge is 0.454 e. The molecule has 0 saturated heterocycles. The van der Waals surface area contributed by atoms with E-state index in [1.807, 2.05) is 0 Å². The second-order valence-electron chi connectivity index (χ2n) is 8.13. The smallest absolute Gasteiger partial charge is 0.306 e. The summed E-state index contributed by atoms with van der Waals surface area (Å²) in [6, 6.07) is 12.9. The van der Waals surface area contributed by atoms with Crippen LogP contribution in [0.15, 0.2) is 48.5 Å². The number of benzene rings is 2. The molecule has 1 heterocycles. The van der Waals surface area contributed by atoms with Crippen molar-refractivity contribution in [1.82, 2.24) is 4.90 Å². The molecule has 3 amide bonds. The summed E-state index contributed by atoms with van der Waals surface area (Å²) in [5, 5.41) is 2.74. The highest BCUT2D eigenvalue weighted by molar-refractivity contribution is 6.21. The number of hydrogen-bond acceptors (Lipinski definition) is 6. The summed E-state index contributed by atoms with van der Waals surface area (Å²) < 4.78 is 5.23.